The van der Waals surface area contributed by atoms with Crippen molar-refractivity contribution in [1.29, 1.82) is 0 Å². The predicted molar refractivity (Wildman–Crippen MR) is 67.2 cm³/mol. The molecule has 1 aliphatic rings. The summed E-state index contributed by atoms with van der Waals surface area (Å²) in [5.41, 5.74) is 5.84. The van der Waals surface area contributed by atoms with Crippen molar-refractivity contribution in [3.05, 3.63) is 30.5 Å². The molecule has 94 valence electrons. The Hall–Kier alpha value is -1.88. The topological polar surface area (TPSA) is 81.1 Å². The first kappa shape index (κ1) is 11.2. The van der Waals surface area contributed by atoms with E-state index in [4.69, 9.17) is 10.8 Å². The number of aromatic nitrogens is 2. The van der Waals surface area contributed by atoms with Gasteiger partial charge in [-0.1, -0.05) is 18.2 Å². The molecule has 0 saturated heterocycles. The highest BCUT2D eigenvalue weighted by atomic mass is 16.4. The molecule has 1 aromatic carbocycles. The summed E-state index contributed by atoms with van der Waals surface area (Å²) < 4.78 is 1.91. The number of rotatable bonds is 2. The van der Waals surface area contributed by atoms with Crippen LogP contribution in [0.1, 0.15) is 25.3 Å². The minimum atomic E-state index is -1.10. The molecular formula is C13H15N3O2. The third-order valence-corrected chi connectivity index (χ3v) is 3.80. The number of fused-ring (bicyclic) bond motifs is 1. The van der Waals surface area contributed by atoms with Crippen LogP contribution in [0.15, 0.2) is 30.5 Å². The van der Waals surface area contributed by atoms with Gasteiger partial charge >= 0.3 is 5.97 Å². The van der Waals surface area contributed by atoms with Crippen LogP contribution in [0.25, 0.3) is 10.9 Å². The molecule has 1 aromatic heterocycles. The van der Waals surface area contributed by atoms with E-state index in [0.29, 0.717) is 12.8 Å². The van der Waals surface area contributed by atoms with E-state index in [9.17, 15) is 4.79 Å². The first-order chi connectivity index (χ1) is 8.60. The third-order valence-electron chi connectivity index (χ3n) is 3.80. The van der Waals surface area contributed by atoms with Crippen LogP contribution in [-0.4, -0.2) is 26.4 Å². The van der Waals surface area contributed by atoms with Gasteiger partial charge in [-0.15, -0.1) is 0 Å². The maximum absolute atomic E-state index is 11.1. The largest absolute Gasteiger partial charge is 0.480 e. The summed E-state index contributed by atoms with van der Waals surface area (Å²) in [5, 5.41) is 14.6. The number of carbonyl (C=O) groups is 1. The number of benzene rings is 1. The summed E-state index contributed by atoms with van der Waals surface area (Å²) in [6, 6.07) is 8.00. The van der Waals surface area contributed by atoms with Crippen LogP contribution in [0.5, 0.6) is 0 Å². The lowest BCUT2D eigenvalue weighted by atomic mass is 9.99. The van der Waals surface area contributed by atoms with Crippen LogP contribution >= 0.6 is 0 Å². The molecule has 2 atom stereocenters. The summed E-state index contributed by atoms with van der Waals surface area (Å²) in [5.74, 6) is -0.915. The quantitative estimate of drug-likeness (QED) is 0.841. The first-order valence-corrected chi connectivity index (χ1v) is 6.05. The Morgan fingerprint density at radius 2 is 2.28 bits per heavy atom. The summed E-state index contributed by atoms with van der Waals surface area (Å²) in [7, 11) is 0. The highest BCUT2D eigenvalue weighted by Gasteiger charge is 2.43. The summed E-state index contributed by atoms with van der Waals surface area (Å²) in [4.78, 5) is 11.1. The number of aliphatic carboxylic acids is 1. The van der Waals surface area contributed by atoms with Gasteiger partial charge < -0.3 is 10.8 Å². The van der Waals surface area contributed by atoms with Gasteiger partial charge in [0, 0.05) is 5.39 Å². The molecule has 0 bridgehead atoms. The minimum absolute atomic E-state index is 0.0750. The molecule has 0 amide bonds. The van der Waals surface area contributed by atoms with E-state index in [2.05, 4.69) is 5.10 Å². The van der Waals surface area contributed by atoms with Crippen molar-refractivity contribution in [2.45, 2.75) is 30.8 Å². The van der Waals surface area contributed by atoms with Gasteiger partial charge in [-0.2, -0.15) is 5.10 Å². The van der Waals surface area contributed by atoms with E-state index in [0.717, 1.165) is 17.3 Å². The number of nitrogens with zero attached hydrogens (tertiary/aromatic N) is 2. The zero-order valence-electron chi connectivity index (χ0n) is 9.91. The molecular weight excluding hydrogens is 230 g/mol. The maximum atomic E-state index is 11.1. The normalized spacial score (nSPS) is 27.7. The minimum Gasteiger partial charge on any atom is -0.480 e. The fourth-order valence-corrected chi connectivity index (χ4v) is 2.73. The van der Waals surface area contributed by atoms with Crippen molar-refractivity contribution in [2.75, 3.05) is 0 Å². The zero-order valence-corrected chi connectivity index (χ0v) is 9.91. The Labute approximate surface area is 104 Å². The van der Waals surface area contributed by atoms with Crippen LogP contribution in [0.2, 0.25) is 0 Å². The number of nitrogens with two attached hydrogens (primary N) is 1. The summed E-state index contributed by atoms with van der Waals surface area (Å²) >= 11 is 0. The van der Waals surface area contributed by atoms with E-state index < -0.39 is 11.5 Å². The lowest BCUT2D eigenvalue weighted by Crippen LogP contribution is -2.45. The lowest BCUT2D eigenvalue weighted by molar-refractivity contribution is -0.143. The van der Waals surface area contributed by atoms with Crippen molar-refractivity contribution >= 4 is 16.9 Å². The van der Waals surface area contributed by atoms with Crippen molar-refractivity contribution in [3.8, 4) is 0 Å². The summed E-state index contributed by atoms with van der Waals surface area (Å²) in [6.45, 7) is 0. The molecule has 1 heterocycles. The Morgan fingerprint density at radius 1 is 1.50 bits per heavy atom. The van der Waals surface area contributed by atoms with Crippen molar-refractivity contribution in [1.82, 2.24) is 9.78 Å². The van der Waals surface area contributed by atoms with Gasteiger partial charge in [0.15, 0.2) is 0 Å². The number of para-hydroxylation sites is 1. The Balaban J connectivity index is 1.95. The van der Waals surface area contributed by atoms with Gasteiger partial charge in [0.25, 0.3) is 0 Å². The van der Waals surface area contributed by atoms with Gasteiger partial charge in [-0.05, 0) is 25.3 Å². The molecule has 5 nitrogen and oxygen atoms in total. The van der Waals surface area contributed by atoms with E-state index in [-0.39, 0.29) is 6.04 Å². The van der Waals surface area contributed by atoms with Crippen LogP contribution < -0.4 is 5.73 Å². The average molecular weight is 245 g/mol. The summed E-state index contributed by atoms with van der Waals surface area (Å²) in [6.07, 6.45) is 3.51. The van der Waals surface area contributed by atoms with Gasteiger partial charge in [0.2, 0.25) is 0 Å². The molecule has 1 saturated carbocycles. The average Bonchev–Trinajstić information content (AvgIpc) is 2.93. The Bertz CT molecular complexity index is 607. The van der Waals surface area contributed by atoms with E-state index in [1.807, 2.05) is 35.1 Å². The second-order valence-corrected chi connectivity index (χ2v) is 5.01. The number of carboxylic acids is 1. The van der Waals surface area contributed by atoms with E-state index in [1.165, 1.54) is 0 Å². The molecule has 1 aliphatic carbocycles. The molecule has 1 fully saturated rings. The smallest absolute Gasteiger partial charge is 0.323 e. The lowest BCUT2D eigenvalue weighted by Gasteiger charge is -2.18. The zero-order chi connectivity index (χ0) is 12.8. The maximum Gasteiger partial charge on any atom is 0.323 e. The fourth-order valence-electron chi connectivity index (χ4n) is 2.73. The third kappa shape index (κ3) is 1.59. The molecule has 2 unspecified atom stereocenters. The highest BCUT2D eigenvalue weighted by molar-refractivity contribution is 5.80. The fraction of sp³-hybridized carbons (Fsp3) is 0.385. The van der Waals surface area contributed by atoms with E-state index >= 15 is 0 Å². The number of carboxylic acid groups (broad SMARTS) is 1. The van der Waals surface area contributed by atoms with Gasteiger partial charge in [-0.3, -0.25) is 9.48 Å². The second kappa shape index (κ2) is 3.81. The van der Waals surface area contributed by atoms with Crippen LogP contribution in [0.3, 0.4) is 0 Å². The van der Waals surface area contributed by atoms with E-state index in [1.54, 1.807) is 0 Å². The standard InChI is InChI=1S/C13H15N3O2/c14-13(12(17)18)6-5-10(7-13)16-11-4-2-1-3-9(11)8-15-16/h1-4,8,10H,5-7,14H2,(H,17,18). The molecule has 0 aliphatic heterocycles. The van der Waals surface area contributed by atoms with Crippen LogP contribution in [0.4, 0.5) is 0 Å². The molecule has 5 heteroatoms. The SMILES string of the molecule is NC1(C(=O)O)CCC(n2ncc3ccccc32)C1. The van der Waals surface area contributed by atoms with Crippen molar-refractivity contribution in [3.63, 3.8) is 0 Å². The van der Waals surface area contributed by atoms with Gasteiger partial charge in [0.05, 0.1) is 17.8 Å². The first-order valence-electron chi connectivity index (χ1n) is 6.05. The van der Waals surface area contributed by atoms with Crippen molar-refractivity contribution in [2.24, 2.45) is 5.73 Å². The molecule has 0 spiro atoms. The molecule has 18 heavy (non-hydrogen) atoms. The predicted octanol–water partition coefficient (Wildman–Crippen LogP) is 1.54. The molecule has 2 aromatic rings. The molecule has 3 N–H and O–H groups in total. The highest BCUT2D eigenvalue weighted by Crippen LogP contribution is 2.37. The number of hydrogen-bond donors (Lipinski definition) is 2. The molecule has 0 radical (unpaired) electrons. The Kier molecular flexibility index (Phi) is 2.38. The van der Waals surface area contributed by atoms with Crippen LogP contribution in [-0.2, 0) is 4.79 Å². The monoisotopic (exact) mass is 245 g/mol. The molecule has 3 rings (SSSR count). The van der Waals surface area contributed by atoms with Gasteiger partial charge in [0.1, 0.15) is 5.54 Å². The van der Waals surface area contributed by atoms with Gasteiger partial charge in [-0.25, -0.2) is 0 Å². The number of hydrogen-bond acceptors (Lipinski definition) is 3. The van der Waals surface area contributed by atoms with Crippen molar-refractivity contribution < 1.29 is 9.90 Å². The Morgan fingerprint density at radius 3 is 3.00 bits per heavy atom. The van der Waals surface area contributed by atoms with Crippen LogP contribution in [0, 0.1) is 0 Å². The second-order valence-electron chi connectivity index (χ2n) is 5.01.